The van der Waals surface area contributed by atoms with Gasteiger partial charge in [-0.25, -0.2) is 9.97 Å². The van der Waals surface area contributed by atoms with Crippen LogP contribution in [0, 0.1) is 5.92 Å². The quantitative estimate of drug-likeness (QED) is 0.829. The number of aromatic nitrogens is 2. The Hall–Kier alpha value is -0.710. The molecule has 0 N–H and O–H groups in total. The lowest BCUT2D eigenvalue weighted by Gasteiger charge is -2.31. The van der Waals surface area contributed by atoms with Crippen LogP contribution in [-0.4, -0.2) is 29.7 Å². The fraction of sp³-hybridized carbons (Fsp3) is 0.600. The minimum atomic E-state index is -0.243. The third-order valence-electron chi connectivity index (χ3n) is 2.63. The van der Waals surface area contributed by atoms with Crippen LogP contribution in [-0.2, 0) is 0 Å². The molecule has 1 aliphatic rings. The highest BCUT2D eigenvalue weighted by molar-refractivity contribution is 9.10. The van der Waals surface area contributed by atoms with Crippen LogP contribution in [0.15, 0.2) is 16.9 Å². The molecule has 2 heterocycles. The van der Waals surface area contributed by atoms with E-state index in [4.69, 9.17) is 0 Å². The van der Waals surface area contributed by atoms with Crippen molar-refractivity contribution in [2.45, 2.75) is 12.8 Å². The second-order valence-corrected chi connectivity index (χ2v) is 4.73. The van der Waals surface area contributed by atoms with Crippen LogP contribution in [0.2, 0.25) is 0 Å². The smallest absolute Gasteiger partial charge is 0.225 e. The second-order valence-electron chi connectivity index (χ2n) is 3.81. The topological polar surface area (TPSA) is 29.0 Å². The van der Waals surface area contributed by atoms with Crippen LogP contribution in [0.25, 0.3) is 0 Å². The zero-order valence-corrected chi connectivity index (χ0v) is 9.95. The van der Waals surface area contributed by atoms with Gasteiger partial charge in [-0.05, 0) is 28.8 Å². The van der Waals surface area contributed by atoms with E-state index in [1.54, 1.807) is 12.4 Å². The predicted molar refractivity (Wildman–Crippen MR) is 60.6 cm³/mol. The summed E-state index contributed by atoms with van der Waals surface area (Å²) in [5.74, 6) is 0.849. The highest BCUT2D eigenvalue weighted by Crippen LogP contribution is 2.20. The molecule has 0 bridgehead atoms. The first-order valence-electron chi connectivity index (χ1n) is 5.08. The number of alkyl halides is 1. The Labute approximate surface area is 96.8 Å². The Morgan fingerprint density at radius 1 is 1.47 bits per heavy atom. The Bertz CT molecular complexity index is 317. The first kappa shape index (κ1) is 10.8. The monoisotopic (exact) mass is 273 g/mol. The normalized spacial score (nSPS) is 21.7. The van der Waals surface area contributed by atoms with Gasteiger partial charge in [-0.3, -0.25) is 4.39 Å². The van der Waals surface area contributed by atoms with E-state index in [0.717, 1.165) is 30.4 Å². The van der Waals surface area contributed by atoms with Gasteiger partial charge in [-0.2, -0.15) is 0 Å². The average Bonchev–Trinajstić information content (AvgIpc) is 2.30. The number of hydrogen-bond donors (Lipinski definition) is 0. The molecule has 5 heteroatoms. The highest BCUT2D eigenvalue weighted by atomic mass is 79.9. The standard InChI is InChI=1S/C10H13BrFN3/c11-9-5-13-10(14-6-9)15-3-1-2-8(4-12)7-15/h5-6,8H,1-4,7H2. The van der Waals surface area contributed by atoms with Crippen molar-refractivity contribution in [3.8, 4) is 0 Å². The van der Waals surface area contributed by atoms with E-state index < -0.39 is 0 Å². The predicted octanol–water partition coefficient (Wildman–Crippen LogP) is 2.43. The van der Waals surface area contributed by atoms with Gasteiger partial charge in [0.05, 0.1) is 11.1 Å². The third-order valence-corrected chi connectivity index (χ3v) is 3.04. The molecule has 0 aromatic carbocycles. The first-order chi connectivity index (χ1) is 7.29. The number of anilines is 1. The van der Waals surface area contributed by atoms with Gasteiger partial charge in [0.25, 0.3) is 0 Å². The molecule has 1 fully saturated rings. The fourth-order valence-electron chi connectivity index (χ4n) is 1.84. The van der Waals surface area contributed by atoms with Gasteiger partial charge in [0, 0.05) is 31.4 Å². The number of nitrogens with zero attached hydrogens (tertiary/aromatic N) is 3. The van der Waals surface area contributed by atoms with Crippen LogP contribution in [0.1, 0.15) is 12.8 Å². The van der Waals surface area contributed by atoms with Gasteiger partial charge in [0.2, 0.25) is 5.95 Å². The zero-order valence-electron chi connectivity index (χ0n) is 8.37. The van der Waals surface area contributed by atoms with Crippen molar-refractivity contribution in [2.24, 2.45) is 5.92 Å². The summed E-state index contributed by atoms with van der Waals surface area (Å²) in [6.45, 7) is 1.42. The highest BCUT2D eigenvalue weighted by Gasteiger charge is 2.21. The number of halogens is 2. The van der Waals surface area contributed by atoms with Crippen molar-refractivity contribution in [3.05, 3.63) is 16.9 Å². The summed E-state index contributed by atoms with van der Waals surface area (Å²) in [5, 5.41) is 0. The van der Waals surface area contributed by atoms with Crippen molar-refractivity contribution in [1.29, 1.82) is 0 Å². The minimum Gasteiger partial charge on any atom is -0.340 e. The fourth-order valence-corrected chi connectivity index (χ4v) is 2.05. The average molecular weight is 274 g/mol. The van der Waals surface area contributed by atoms with E-state index in [0.29, 0.717) is 5.95 Å². The van der Waals surface area contributed by atoms with E-state index in [9.17, 15) is 4.39 Å². The summed E-state index contributed by atoms with van der Waals surface area (Å²) in [7, 11) is 0. The van der Waals surface area contributed by atoms with Gasteiger partial charge in [-0.15, -0.1) is 0 Å². The van der Waals surface area contributed by atoms with Crippen molar-refractivity contribution in [3.63, 3.8) is 0 Å². The molecule has 0 aliphatic carbocycles. The van der Waals surface area contributed by atoms with Gasteiger partial charge >= 0.3 is 0 Å². The molecule has 0 saturated carbocycles. The lowest BCUT2D eigenvalue weighted by molar-refractivity contribution is 0.314. The molecule has 0 spiro atoms. The van der Waals surface area contributed by atoms with Crippen LogP contribution in [0.4, 0.5) is 10.3 Å². The summed E-state index contributed by atoms with van der Waals surface area (Å²) >= 11 is 3.29. The maximum Gasteiger partial charge on any atom is 0.225 e. The molecule has 1 aliphatic heterocycles. The van der Waals surface area contributed by atoms with Crippen molar-refractivity contribution in [2.75, 3.05) is 24.7 Å². The van der Waals surface area contributed by atoms with Gasteiger partial charge in [-0.1, -0.05) is 0 Å². The number of hydrogen-bond acceptors (Lipinski definition) is 3. The molecular formula is C10H13BrFN3. The third kappa shape index (κ3) is 2.65. The zero-order chi connectivity index (χ0) is 10.7. The maximum absolute atomic E-state index is 12.6. The van der Waals surface area contributed by atoms with E-state index in [1.165, 1.54) is 0 Å². The molecule has 0 radical (unpaired) electrons. The molecule has 1 aromatic rings. The summed E-state index contributed by atoms with van der Waals surface area (Å²) in [4.78, 5) is 10.5. The summed E-state index contributed by atoms with van der Waals surface area (Å²) < 4.78 is 13.4. The molecule has 1 aromatic heterocycles. The van der Waals surface area contributed by atoms with Crippen LogP contribution >= 0.6 is 15.9 Å². The van der Waals surface area contributed by atoms with E-state index in [1.807, 2.05) is 0 Å². The molecule has 15 heavy (non-hydrogen) atoms. The number of piperidine rings is 1. The van der Waals surface area contributed by atoms with Crippen LogP contribution in [0.3, 0.4) is 0 Å². The van der Waals surface area contributed by atoms with E-state index >= 15 is 0 Å². The minimum absolute atomic E-state index is 0.144. The molecule has 3 nitrogen and oxygen atoms in total. The Kier molecular flexibility index (Phi) is 3.51. The molecular weight excluding hydrogens is 261 g/mol. The lowest BCUT2D eigenvalue weighted by Crippen LogP contribution is -2.37. The van der Waals surface area contributed by atoms with Crippen molar-refractivity contribution < 1.29 is 4.39 Å². The maximum atomic E-state index is 12.6. The van der Waals surface area contributed by atoms with Gasteiger partial charge in [0.1, 0.15) is 0 Å². The molecule has 1 atom stereocenters. The van der Waals surface area contributed by atoms with E-state index in [-0.39, 0.29) is 12.6 Å². The van der Waals surface area contributed by atoms with Gasteiger partial charge < -0.3 is 4.90 Å². The van der Waals surface area contributed by atoms with Gasteiger partial charge in [0.15, 0.2) is 0 Å². The SMILES string of the molecule is FCC1CCCN(c2ncc(Br)cn2)C1. The van der Waals surface area contributed by atoms with Crippen LogP contribution < -0.4 is 4.90 Å². The lowest BCUT2D eigenvalue weighted by atomic mass is 10.00. The molecule has 2 rings (SSSR count). The Balaban J connectivity index is 2.06. The van der Waals surface area contributed by atoms with Crippen molar-refractivity contribution >= 4 is 21.9 Å². The Morgan fingerprint density at radius 3 is 2.87 bits per heavy atom. The summed E-state index contributed by atoms with van der Waals surface area (Å²) in [6.07, 6.45) is 5.44. The Morgan fingerprint density at radius 2 is 2.20 bits per heavy atom. The number of rotatable bonds is 2. The molecule has 1 saturated heterocycles. The van der Waals surface area contributed by atoms with E-state index in [2.05, 4.69) is 30.8 Å². The molecule has 82 valence electrons. The molecule has 0 amide bonds. The summed E-state index contributed by atoms with van der Waals surface area (Å²) in [5.41, 5.74) is 0. The second kappa shape index (κ2) is 4.88. The summed E-state index contributed by atoms with van der Waals surface area (Å²) in [6, 6.07) is 0. The molecule has 1 unspecified atom stereocenters. The van der Waals surface area contributed by atoms with Crippen LogP contribution in [0.5, 0.6) is 0 Å². The first-order valence-corrected chi connectivity index (χ1v) is 5.87. The van der Waals surface area contributed by atoms with Crippen molar-refractivity contribution in [1.82, 2.24) is 9.97 Å². The largest absolute Gasteiger partial charge is 0.340 e.